The molecule has 0 radical (unpaired) electrons. The summed E-state index contributed by atoms with van der Waals surface area (Å²) >= 11 is 5.79. The quantitative estimate of drug-likeness (QED) is 0.729. The van der Waals surface area contributed by atoms with Crippen molar-refractivity contribution in [2.45, 2.75) is 0 Å². The average molecular weight is 221 g/mol. The van der Waals surface area contributed by atoms with E-state index < -0.39 is 0 Å². The second-order valence-corrected chi connectivity index (χ2v) is 3.63. The molecular weight excluding hydrogens is 212 g/mol. The van der Waals surface area contributed by atoms with Crippen molar-refractivity contribution >= 4 is 17.9 Å². The lowest BCUT2D eigenvalue weighted by molar-refractivity contribution is 0.111. The monoisotopic (exact) mass is 220 g/mol. The molecule has 0 saturated heterocycles. The van der Waals surface area contributed by atoms with E-state index in [0.29, 0.717) is 10.7 Å². The second-order valence-electron chi connectivity index (χ2n) is 3.19. The van der Waals surface area contributed by atoms with Crippen LogP contribution >= 0.6 is 11.6 Å². The Bertz CT molecular complexity index is 488. The van der Waals surface area contributed by atoms with Crippen LogP contribution in [0.25, 0.3) is 11.4 Å². The van der Waals surface area contributed by atoms with Crippen molar-refractivity contribution in [3.05, 3.63) is 41.2 Å². The van der Waals surface area contributed by atoms with Gasteiger partial charge < -0.3 is 4.57 Å². The average Bonchev–Trinajstić information content (AvgIpc) is 2.61. The van der Waals surface area contributed by atoms with Gasteiger partial charge in [-0.3, -0.25) is 4.79 Å². The van der Waals surface area contributed by atoms with Gasteiger partial charge in [0.1, 0.15) is 11.5 Å². The van der Waals surface area contributed by atoms with Crippen LogP contribution in [0, 0.1) is 0 Å². The van der Waals surface area contributed by atoms with Gasteiger partial charge >= 0.3 is 0 Å². The van der Waals surface area contributed by atoms with Gasteiger partial charge in [0.05, 0.1) is 6.20 Å². The first-order valence-corrected chi connectivity index (χ1v) is 4.83. The zero-order chi connectivity index (χ0) is 10.8. The third-order valence-corrected chi connectivity index (χ3v) is 2.50. The minimum Gasteiger partial charge on any atom is -0.325 e. The largest absolute Gasteiger partial charge is 0.325 e. The van der Waals surface area contributed by atoms with Crippen molar-refractivity contribution < 1.29 is 4.79 Å². The minimum absolute atomic E-state index is 0.556. The minimum atomic E-state index is 0.556. The van der Waals surface area contributed by atoms with E-state index in [1.54, 1.807) is 29.9 Å². The van der Waals surface area contributed by atoms with Crippen LogP contribution in [0.15, 0.2) is 30.5 Å². The number of hydrogen-bond donors (Lipinski definition) is 0. The molecule has 1 aromatic heterocycles. The molecule has 0 spiro atoms. The molecule has 0 N–H and O–H groups in total. The summed E-state index contributed by atoms with van der Waals surface area (Å²) in [6.07, 6.45) is 2.34. The van der Waals surface area contributed by atoms with E-state index in [1.807, 2.05) is 12.1 Å². The topological polar surface area (TPSA) is 34.9 Å². The van der Waals surface area contributed by atoms with Crippen molar-refractivity contribution in [1.29, 1.82) is 0 Å². The van der Waals surface area contributed by atoms with E-state index >= 15 is 0 Å². The summed E-state index contributed by atoms with van der Waals surface area (Å²) in [4.78, 5) is 14.8. The molecule has 2 rings (SSSR count). The number of halogens is 1. The summed E-state index contributed by atoms with van der Waals surface area (Å²) in [5.41, 5.74) is 1.50. The van der Waals surface area contributed by atoms with E-state index in [2.05, 4.69) is 4.98 Å². The molecule has 15 heavy (non-hydrogen) atoms. The Morgan fingerprint density at radius 1 is 1.33 bits per heavy atom. The standard InChI is InChI=1S/C11H9ClN2O/c1-14-10(7-15)6-13-11(14)8-2-4-9(12)5-3-8/h2-7H,1H3. The fourth-order valence-corrected chi connectivity index (χ4v) is 1.53. The number of aromatic nitrogens is 2. The Morgan fingerprint density at radius 3 is 2.53 bits per heavy atom. The molecule has 3 nitrogen and oxygen atoms in total. The van der Waals surface area contributed by atoms with Crippen LogP contribution in [-0.2, 0) is 7.05 Å². The maximum atomic E-state index is 10.6. The molecule has 0 bridgehead atoms. The fraction of sp³-hybridized carbons (Fsp3) is 0.0909. The van der Waals surface area contributed by atoms with Gasteiger partial charge in [-0.25, -0.2) is 4.98 Å². The van der Waals surface area contributed by atoms with E-state index in [-0.39, 0.29) is 0 Å². The molecule has 0 aliphatic heterocycles. The Balaban J connectivity index is 2.49. The van der Waals surface area contributed by atoms with Crippen LogP contribution < -0.4 is 0 Å². The molecular formula is C11H9ClN2O. The number of benzene rings is 1. The zero-order valence-electron chi connectivity index (χ0n) is 8.14. The van der Waals surface area contributed by atoms with Gasteiger partial charge in [-0.2, -0.15) is 0 Å². The summed E-state index contributed by atoms with van der Waals surface area (Å²) in [7, 11) is 1.81. The molecule has 1 aromatic carbocycles. The van der Waals surface area contributed by atoms with Crippen LogP contribution in [-0.4, -0.2) is 15.8 Å². The highest BCUT2D eigenvalue weighted by atomic mass is 35.5. The summed E-state index contributed by atoms with van der Waals surface area (Å²) < 4.78 is 1.75. The first-order chi connectivity index (χ1) is 7.22. The van der Waals surface area contributed by atoms with Gasteiger partial charge in [0.15, 0.2) is 6.29 Å². The third-order valence-electron chi connectivity index (χ3n) is 2.25. The Morgan fingerprint density at radius 2 is 2.00 bits per heavy atom. The maximum Gasteiger partial charge on any atom is 0.168 e. The highest BCUT2D eigenvalue weighted by Crippen LogP contribution is 2.20. The van der Waals surface area contributed by atoms with Crippen LogP contribution in [0.3, 0.4) is 0 Å². The number of rotatable bonds is 2. The number of hydrogen-bond acceptors (Lipinski definition) is 2. The molecule has 0 fully saturated rings. The Hall–Kier alpha value is -1.61. The smallest absolute Gasteiger partial charge is 0.168 e. The fourth-order valence-electron chi connectivity index (χ4n) is 1.40. The van der Waals surface area contributed by atoms with Gasteiger partial charge in [-0.1, -0.05) is 11.6 Å². The van der Waals surface area contributed by atoms with Crippen molar-refractivity contribution in [2.24, 2.45) is 7.05 Å². The Labute approximate surface area is 92.3 Å². The van der Waals surface area contributed by atoms with Crippen LogP contribution in [0.4, 0.5) is 0 Å². The molecule has 4 heteroatoms. The summed E-state index contributed by atoms with van der Waals surface area (Å²) in [6.45, 7) is 0. The lowest BCUT2D eigenvalue weighted by atomic mass is 10.2. The molecule has 0 amide bonds. The number of imidazole rings is 1. The summed E-state index contributed by atoms with van der Waals surface area (Å²) in [6, 6.07) is 7.34. The van der Waals surface area contributed by atoms with E-state index in [9.17, 15) is 4.79 Å². The number of aldehydes is 1. The molecule has 0 aliphatic rings. The predicted octanol–water partition coefficient (Wildman–Crippen LogP) is 2.55. The van der Waals surface area contributed by atoms with Crippen LogP contribution in [0.5, 0.6) is 0 Å². The highest BCUT2D eigenvalue weighted by Gasteiger charge is 2.07. The van der Waals surface area contributed by atoms with Crippen LogP contribution in [0.1, 0.15) is 10.5 Å². The molecule has 0 unspecified atom stereocenters. The summed E-state index contributed by atoms with van der Waals surface area (Å²) in [5.74, 6) is 0.758. The molecule has 0 atom stereocenters. The molecule has 2 aromatic rings. The first kappa shape index (κ1) is 9.93. The maximum absolute atomic E-state index is 10.6. The SMILES string of the molecule is Cn1c(C=O)cnc1-c1ccc(Cl)cc1. The number of nitrogens with zero attached hydrogens (tertiary/aromatic N) is 2. The van der Waals surface area contributed by atoms with E-state index in [0.717, 1.165) is 17.7 Å². The number of carbonyl (C=O) groups excluding carboxylic acids is 1. The predicted molar refractivity (Wildman–Crippen MR) is 59.0 cm³/mol. The van der Waals surface area contributed by atoms with Crippen molar-refractivity contribution in [3.8, 4) is 11.4 Å². The van der Waals surface area contributed by atoms with Gasteiger partial charge in [0.25, 0.3) is 0 Å². The zero-order valence-corrected chi connectivity index (χ0v) is 8.90. The lowest BCUT2D eigenvalue weighted by Gasteiger charge is -2.02. The normalized spacial score (nSPS) is 10.3. The van der Waals surface area contributed by atoms with Crippen molar-refractivity contribution in [1.82, 2.24) is 9.55 Å². The third kappa shape index (κ3) is 1.78. The van der Waals surface area contributed by atoms with Crippen LogP contribution in [0.2, 0.25) is 5.02 Å². The van der Waals surface area contributed by atoms with Gasteiger partial charge in [-0.05, 0) is 24.3 Å². The molecule has 0 aliphatic carbocycles. The summed E-state index contributed by atoms with van der Waals surface area (Å²) in [5, 5.41) is 0.684. The highest BCUT2D eigenvalue weighted by molar-refractivity contribution is 6.30. The molecule has 1 heterocycles. The lowest BCUT2D eigenvalue weighted by Crippen LogP contribution is -1.96. The van der Waals surface area contributed by atoms with Gasteiger partial charge in [-0.15, -0.1) is 0 Å². The van der Waals surface area contributed by atoms with Crippen molar-refractivity contribution in [3.63, 3.8) is 0 Å². The van der Waals surface area contributed by atoms with E-state index in [1.165, 1.54) is 0 Å². The second kappa shape index (κ2) is 3.87. The molecule has 0 saturated carbocycles. The van der Waals surface area contributed by atoms with Gasteiger partial charge in [0.2, 0.25) is 0 Å². The number of carbonyl (C=O) groups is 1. The first-order valence-electron chi connectivity index (χ1n) is 4.45. The van der Waals surface area contributed by atoms with Gasteiger partial charge in [0, 0.05) is 17.6 Å². The Kier molecular flexibility index (Phi) is 2.56. The van der Waals surface area contributed by atoms with Crippen molar-refractivity contribution in [2.75, 3.05) is 0 Å². The molecule has 76 valence electrons. The van der Waals surface area contributed by atoms with E-state index in [4.69, 9.17) is 11.6 Å².